The third kappa shape index (κ3) is 5.07. The molecule has 0 fully saturated rings. The van der Waals surface area contributed by atoms with Crippen molar-refractivity contribution in [3.05, 3.63) is 44.6 Å². The number of benzene rings is 1. The number of anilines is 1. The Morgan fingerprint density at radius 3 is 2.70 bits per heavy atom. The summed E-state index contributed by atoms with van der Waals surface area (Å²) in [5.74, 6) is -0.952. The van der Waals surface area contributed by atoms with E-state index in [9.17, 15) is 9.59 Å². The monoisotopic (exact) mass is 397 g/mol. The Bertz CT molecular complexity index is 714. The summed E-state index contributed by atoms with van der Waals surface area (Å²) in [5, 5.41) is 11.8. The normalized spacial score (nSPS) is 10.3. The Kier molecular flexibility index (Phi) is 6.18. The quantitative estimate of drug-likeness (QED) is 0.734. The minimum absolute atomic E-state index is 0.0637. The molecule has 2 N–H and O–H groups in total. The summed E-state index contributed by atoms with van der Waals surface area (Å²) >= 11 is 5.08. The van der Waals surface area contributed by atoms with E-state index in [-0.39, 0.29) is 17.2 Å². The summed E-state index contributed by atoms with van der Waals surface area (Å²) in [5.41, 5.74) is 0.587. The number of amides is 1. The number of nitrogens with one attached hydrogen (secondary N) is 1. The number of aryl methyl sites for hydroxylation is 1. The third-order valence-electron chi connectivity index (χ3n) is 3.17. The second kappa shape index (κ2) is 8.12. The summed E-state index contributed by atoms with van der Waals surface area (Å²) < 4.78 is 6.12. The number of hydrogen-bond acceptors (Lipinski definition) is 4. The average Bonchev–Trinajstić information content (AvgIpc) is 2.92. The lowest BCUT2D eigenvalue weighted by atomic mass is 10.1. The van der Waals surface area contributed by atoms with Gasteiger partial charge >= 0.3 is 5.97 Å². The molecular weight excluding hydrogens is 382 g/mol. The maximum atomic E-state index is 12.0. The fraction of sp³-hybridized carbons (Fsp3) is 0.250. The number of ether oxygens (including phenoxy) is 1. The van der Waals surface area contributed by atoms with Crippen molar-refractivity contribution >= 4 is 44.8 Å². The smallest absolute Gasteiger partial charge is 0.339 e. The first-order valence-electron chi connectivity index (χ1n) is 6.95. The number of carboxylic acids is 1. The lowest BCUT2D eigenvalue weighted by Crippen LogP contribution is -2.12. The average molecular weight is 398 g/mol. The van der Waals surface area contributed by atoms with Crippen LogP contribution < -0.4 is 10.1 Å². The van der Waals surface area contributed by atoms with Crippen LogP contribution in [0.4, 0.5) is 5.69 Å². The van der Waals surface area contributed by atoms with Gasteiger partial charge in [-0.1, -0.05) is 0 Å². The molecule has 1 aromatic carbocycles. The molecule has 5 nitrogen and oxygen atoms in total. The first kappa shape index (κ1) is 17.5. The molecule has 7 heteroatoms. The first-order valence-corrected chi connectivity index (χ1v) is 8.56. The third-order valence-corrected chi connectivity index (χ3v) is 4.85. The van der Waals surface area contributed by atoms with Gasteiger partial charge in [-0.3, -0.25) is 4.79 Å². The fourth-order valence-electron chi connectivity index (χ4n) is 2.08. The van der Waals surface area contributed by atoms with Crippen LogP contribution >= 0.6 is 27.3 Å². The van der Waals surface area contributed by atoms with Gasteiger partial charge in [0.15, 0.2) is 0 Å². The van der Waals surface area contributed by atoms with Crippen molar-refractivity contribution in [2.75, 3.05) is 12.4 Å². The zero-order chi connectivity index (χ0) is 16.8. The molecule has 122 valence electrons. The van der Waals surface area contributed by atoms with Gasteiger partial charge in [0.05, 0.1) is 10.9 Å². The number of carboxylic acid groups (broad SMARTS) is 1. The predicted molar refractivity (Wildman–Crippen MR) is 93.5 cm³/mol. The Balaban J connectivity index is 1.88. The molecule has 0 saturated heterocycles. The largest absolute Gasteiger partial charge is 0.496 e. The standard InChI is InChI=1S/C16H16BrNO4S/c1-22-13-9-10(5-7-12(13)16(20)21)18-15(19)4-2-3-11-6-8-14(17)23-11/h5-9H,2-4H2,1H3,(H,18,19)(H,20,21). The van der Waals surface area contributed by atoms with Crippen molar-refractivity contribution in [3.8, 4) is 5.75 Å². The van der Waals surface area contributed by atoms with Crippen LogP contribution in [0.5, 0.6) is 5.75 Å². The SMILES string of the molecule is COc1cc(NC(=O)CCCc2ccc(Br)s2)ccc1C(=O)O. The molecule has 1 amide bonds. The molecule has 0 radical (unpaired) electrons. The molecule has 0 unspecified atom stereocenters. The van der Waals surface area contributed by atoms with Crippen molar-refractivity contribution in [2.45, 2.75) is 19.3 Å². The Morgan fingerprint density at radius 2 is 2.09 bits per heavy atom. The number of rotatable bonds is 7. The number of aromatic carboxylic acids is 1. The van der Waals surface area contributed by atoms with Crippen molar-refractivity contribution in [2.24, 2.45) is 0 Å². The van der Waals surface area contributed by atoms with Gasteiger partial charge in [-0.2, -0.15) is 0 Å². The van der Waals surface area contributed by atoms with E-state index in [0.29, 0.717) is 12.1 Å². The molecule has 0 atom stereocenters. The van der Waals surface area contributed by atoms with E-state index in [0.717, 1.165) is 16.6 Å². The van der Waals surface area contributed by atoms with Crippen molar-refractivity contribution in [3.63, 3.8) is 0 Å². The van der Waals surface area contributed by atoms with Crippen molar-refractivity contribution in [1.82, 2.24) is 0 Å². The molecule has 0 saturated carbocycles. The van der Waals surface area contributed by atoms with Gasteiger partial charge in [0, 0.05) is 23.1 Å². The summed E-state index contributed by atoms with van der Waals surface area (Å²) in [6.45, 7) is 0. The second-order valence-electron chi connectivity index (χ2n) is 4.83. The molecule has 2 rings (SSSR count). The van der Waals surface area contributed by atoms with Crippen molar-refractivity contribution in [1.29, 1.82) is 0 Å². The van der Waals surface area contributed by atoms with Gasteiger partial charge in [0.25, 0.3) is 0 Å². The maximum absolute atomic E-state index is 12.0. The number of halogens is 1. The summed E-state index contributed by atoms with van der Waals surface area (Å²) in [4.78, 5) is 24.2. The van der Waals surface area contributed by atoms with Gasteiger partial charge < -0.3 is 15.2 Å². The highest BCUT2D eigenvalue weighted by Crippen LogP contribution is 2.25. The minimum Gasteiger partial charge on any atom is -0.496 e. The number of methoxy groups -OCH3 is 1. The van der Waals surface area contributed by atoms with E-state index in [4.69, 9.17) is 9.84 Å². The maximum Gasteiger partial charge on any atom is 0.339 e. The van der Waals surface area contributed by atoms with Gasteiger partial charge in [-0.15, -0.1) is 11.3 Å². The van der Waals surface area contributed by atoms with E-state index < -0.39 is 5.97 Å². The Labute approximate surface area is 146 Å². The molecule has 0 bridgehead atoms. The second-order valence-corrected chi connectivity index (χ2v) is 7.38. The lowest BCUT2D eigenvalue weighted by Gasteiger charge is -2.09. The zero-order valence-electron chi connectivity index (χ0n) is 12.5. The number of hydrogen-bond donors (Lipinski definition) is 2. The highest BCUT2D eigenvalue weighted by atomic mass is 79.9. The first-order chi connectivity index (χ1) is 11.0. The van der Waals surface area contributed by atoms with Crippen LogP contribution in [0.3, 0.4) is 0 Å². The molecule has 0 aliphatic rings. The van der Waals surface area contributed by atoms with Crippen LogP contribution in [0.25, 0.3) is 0 Å². The van der Waals surface area contributed by atoms with Gasteiger partial charge in [0.2, 0.25) is 5.91 Å². The molecule has 0 spiro atoms. The number of thiophene rings is 1. The van der Waals surface area contributed by atoms with E-state index in [1.54, 1.807) is 17.4 Å². The highest BCUT2D eigenvalue weighted by molar-refractivity contribution is 9.11. The molecule has 23 heavy (non-hydrogen) atoms. The number of carbonyl (C=O) groups excluding carboxylic acids is 1. The van der Waals surface area contributed by atoms with Crippen LogP contribution in [0.15, 0.2) is 34.1 Å². The summed E-state index contributed by atoms with van der Waals surface area (Å²) in [6, 6.07) is 8.52. The fourth-order valence-corrected chi connectivity index (χ4v) is 3.60. The molecule has 2 aromatic rings. The highest BCUT2D eigenvalue weighted by Gasteiger charge is 2.12. The zero-order valence-corrected chi connectivity index (χ0v) is 14.9. The van der Waals surface area contributed by atoms with Crippen LogP contribution in [0, 0.1) is 0 Å². The Hall–Kier alpha value is -1.86. The topological polar surface area (TPSA) is 75.6 Å². The van der Waals surface area contributed by atoms with E-state index in [2.05, 4.69) is 21.2 Å². The van der Waals surface area contributed by atoms with Crippen LogP contribution in [-0.2, 0) is 11.2 Å². The Morgan fingerprint density at radius 1 is 1.30 bits per heavy atom. The molecule has 1 heterocycles. The van der Waals surface area contributed by atoms with Gasteiger partial charge in [-0.05, 0) is 53.0 Å². The van der Waals surface area contributed by atoms with Gasteiger partial charge in [-0.25, -0.2) is 4.79 Å². The van der Waals surface area contributed by atoms with Crippen LogP contribution in [-0.4, -0.2) is 24.1 Å². The van der Waals surface area contributed by atoms with E-state index >= 15 is 0 Å². The summed E-state index contributed by atoms with van der Waals surface area (Å²) in [6.07, 6.45) is 2.01. The van der Waals surface area contributed by atoms with Crippen LogP contribution in [0.2, 0.25) is 0 Å². The molecule has 0 aliphatic heterocycles. The number of carbonyl (C=O) groups is 2. The van der Waals surface area contributed by atoms with E-state index in [1.165, 1.54) is 24.1 Å². The molecule has 1 aromatic heterocycles. The van der Waals surface area contributed by atoms with E-state index in [1.807, 2.05) is 12.1 Å². The van der Waals surface area contributed by atoms with Crippen molar-refractivity contribution < 1.29 is 19.4 Å². The minimum atomic E-state index is -1.07. The molecular formula is C16H16BrNO4S. The van der Waals surface area contributed by atoms with Gasteiger partial charge in [0.1, 0.15) is 11.3 Å². The summed E-state index contributed by atoms with van der Waals surface area (Å²) in [7, 11) is 1.40. The lowest BCUT2D eigenvalue weighted by molar-refractivity contribution is -0.116. The predicted octanol–water partition coefficient (Wildman–Crippen LogP) is 4.18. The van der Waals surface area contributed by atoms with Crippen LogP contribution in [0.1, 0.15) is 28.1 Å². The molecule has 0 aliphatic carbocycles.